The number of anilines is 1. The van der Waals surface area contributed by atoms with E-state index in [0.29, 0.717) is 17.2 Å². The third-order valence-electron chi connectivity index (χ3n) is 2.59. The quantitative estimate of drug-likeness (QED) is 0.864. The average molecular weight is 265 g/mol. The minimum Gasteiger partial charge on any atom is -0.493 e. The maximum Gasteiger partial charge on any atom is 0.162 e. The lowest BCUT2D eigenvalue weighted by Gasteiger charge is -2.11. The van der Waals surface area contributed by atoms with E-state index in [4.69, 9.17) is 15.2 Å². The Balaban J connectivity index is 2.14. The molecule has 0 heterocycles. The summed E-state index contributed by atoms with van der Waals surface area (Å²) < 4.78 is 36.7. The molecule has 0 unspecified atom stereocenters. The van der Waals surface area contributed by atoms with Crippen molar-refractivity contribution in [2.24, 2.45) is 0 Å². The summed E-state index contributed by atoms with van der Waals surface area (Å²) in [5.41, 5.74) is 6.42. The molecule has 0 saturated carbocycles. The fourth-order valence-corrected chi connectivity index (χ4v) is 1.60. The highest BCUT2D eigenvalue weighted by Gasteiger charge is 2.08. The number of halogens is 2. The van der Waals surface area contributed by atoms with Gasteiger partial charge in [-0.2, -0.15) is 0 Å². The summed E-state index contributed by atoms with van der Waals surface area (Å²) >= 11 is 0. The van der Waals surface area contributed by atoms with E-state index >= 15 is 0 Å². The third kappa shape index (κ3) is 3.13. The van der Waals surface area contributed by atoms with Gasteiger partial charge in [0.05, 0.1) is 7.11 Å². The van der Waals surface area contributed by atoms with Gasteiger partial charge in [-0.1, -0.05) is 0 Å². The van der Waals surface area contributed by atoms with E-state index in [1.807, 2.05) is 0 Å². The Hall–Kier alpha value is -2.30. The molecule has 2 N–H and O–H groups in total. The van der Waals surface area contributed by atoms with Crippen LogP contribution < -0.4 is 15.2 Å². The van der Waals surface area contributed by atoms with Crippen molar-refractivity contribution in [3.63, 3.8) is 0 Å². The number of hydrogen-bond donors (Lipinski definition) is 1. The van der Waals surface area contributed by atoms with E-state index in [1.54, 1.807) is 18.2 Å². The molecule has 2 aromatic carbocycles. The topological polar surface area (TPSA) is 44.5 Å². The van der Waals surface area contributed by atoms with Crippen molar-refractivity contribution in [3.05, 3.63) is 53.6 Å². The van der Waals surface area contributed by atoms with Crippen molar-refractivity contribution in [1.82, 2.24) is 0 Å². The van der Waals surface area contributed by atoms with Crippen LogP contribution in [0, 0.1) is 11.6 Å². The summed E-state index contributed by atoms with van der Waals surface area (Å²) in [4.78, 5) is 0. The van der Waals surface area contributed by atoms with Gasteiger partial charge in [-0.25, -0.2) is 8.78 Å². The van der Waals surface area contributed by atoms with Crippen LogP contribution in [0.1, 0.15) is 5.56 Å². The molecular formula is C14H13F2NO2. The Labute approximate surface area is 109 Å². The molecule has 0 bridgehead atoms. The van der Waals surface area contributed by atoms with Gasteiger partial charge in [-0.05, 0) is 24.3 Å². The van der Waals surface area contributed by atoms with Gasteiger partial charge in [0.1, 0.15) is 18.2 Å². The Kier molecular flexibility index (Phi) is 3.85. The van der Waals surface area contributed by atoms with E-state index in [0.717, 1.165) is 6.07 Å². The molecular weight excluding hydrogens is 252 g/mol. The van der Waals surface area contributed by atoms with Gasteiger partial charge in [0, 0.05) is 23.4 Å². The predicted octanol–water partition coefficient (Wildman–Crippen LogP) is 3.13. The first-order valence-electron chi connectivity index (χ1n) is 5.60. The fraction of sp³-hybridized carbons (Fsp3) is 0.143. The predicted molar refractivity (Wildman–Crippen MR) is 68.1 cm³/mol. The summed E-state index contributed by atoms with van der Waals surface area (Å²) in [7, 11) is 1.49. The summed E-state index contributed by atoms with van der Waals surface area (Å²) in [5.74, 6) is -0.358. The van der Waals surface area contributed by atoms with Crippen LogP contribution >= 0.6 is 0 Å². The zero-order valence-electron chi connectivity index (χ0n) is 10.3. The smallest absolute Gasteiger partial charge is 0.162 e. The lowest BCUT2D eigenvalue weighted by molar-refractivity contribution is 0.279. The highest BCUT2D eigenvalue weighted by atomic mass is 19.1. The van der Waals surface area contributed by atoms with Crippen LogP contribution in [-0.2, 0) is 6.61 Å². The lowest BCUT2D eigenvalue weighted by Crippen LogP contribution is -2.01. The SMILES string of the molecule is COc1cc(N)ccc1OCc1ccc(F)cc1F. The number of nitrogens with two attached hydrogens (primary N) is 1. The molecule has 0 aliphatic heterocycles. The van der Waals surface area contributed by atoms with Gasteiger partial charge < -0.3 is 15.2 Å². The van der Waals surface area contributed by atoms with Crippen molar-refractivity contribution in [1.29, 1.82) is 0 Å². The number of ether oxygens (including phenoxy) is 2. The largest absolute Gasteiger partial charge is 0.493 e. The molecule has 0 atom stereocenters. The van der Waals surface area contributed by atoms with Gasteiger partial charge in [0.25, 0.3) is 0 Å². The van der Waals surface area contributed by atoms with Crippen LogP contribution in [0.15, 0.2) is 36.4 Å². The molecule has 0 fully saturated rings. The highest BCUT2D eigenvalue weighted by molar-refractivity contribution is 5.51. The molecule has 100 valence electrons. The van der Waals surface area contributed by atoms with E-state index in [9.17, 15) is 8.78 Å². The summed E-state index contributed by atoms with van der Waals surface area (Å²) in [6, 6.07) is 8.24. The molecule has 19 heavy (non-hydrogen) atoms. The summed E-state index contributed by atoms with van der Waals surface area (Å²) in [5, 5.41) is 0. The minimum absolute atomic E-state index is 0.0214. The maximum atomic E-state index is 13.4. The molecule has 5 heteroatoms. The Morgan fingerprint density at radius 1 is 1.05 bits per heavy atom. The summed E-state index contributed by atoms with van der Waals surface area (Å²) in [6.07, 6.45) is 0. The first-order valence-corrected chi connectivity index (χ1v) is 5.60. The normalized spacial score (nSPS) is 10.3. The molecule has 0 saturated heterocycles. The second kappa shape index (κ2) is 5.56. The standard InChI is InChI=1S/C14H13F2NO2/c1-18-14-7-11(17)4-5-13(14)19-8-9-2-3-10(15)6-12(9)16/h2-7H,8,17H2,1H3. The van der Waals surface area contributed by atoms with Crippen LogP contribution in [-0.4, -0.2) is 7.11 Å². The molecule has 0 radical (unpaired) electrons. The Morgan fingerprint density at radius 3 is 2.53 bits per heavy atom. The number of nitrogen functional groups attached to an aromatic ring is 1. The van der Waals surface area contributed by atoms with E-state index in [2.05, 4.69) is 0 Å². The van der Waals surface area contributed by atoms with Crippen LogP contribution in [0.25, 0.3) is 0 Å². The maximum absolute atomic E-state index is 13.4. The second-order valence-corrected chi connectivity index (χ2v) is 3.93. The monoisotopic (exact) mass is 265 g/mol. The third-order valence-corrected chi connectivity index (χ3v) is 2.59. The molecule has 0 amide bonds. The van der Waals surface area contributed by atoms with Crippen molar-refractivity contribution in [2.75, 3.05) is 12.8 Å². The zero-order chi connectivity index (χ0) is 13.8. The Bertz CT molecular complexity index is 588. The minimum atomic E-state index is -0.644. The molecule has 0 aromatic heterocycles. The average Bonchev–Trinajstić information content (AvgIpc) is 2.39. The molecule has 2 rings (SSSR count). The number of benzene rings is 2. The van der Waals surface area contributed by atoms with Gasteiger partial charge in [-0.3, -0.25) is 0 Å². The van der Waals surface area contributed by atoms with Crippen molar-refractivity contribution in [2.45, 2.75) is 6.61 Å². The fourth-order valence-electron chi connectivity index (χ4n) is 1.60. The van der Waals surface area contributed by atoms with E-state index in [-0.39, 0.29) is 12.2 Å². The van der Waals surface area contributed by atoms with E-state index in [1.165, 1.54) is 19.2 Å². The van der Waals surface area contributed by atoms with Crippen LogP contribution in [0.3, 0.4) is 0 Å². The number of hydrogen-bond acceptors (Lipinski definition) is 3. The van der Waals surface area contributed by atoms with Crippen LogP contribution in [0.4, 0.5) is 14.5 Å². The Morgan fingerprint density at radius 2 is 1.84 bits per heavy atom. The van der Waals surface area contributed by atoms with Gasteiger partial charge in [-0.15, -0.1) is 0 Å². The number of methoxy groups -OCH3 is 1. The van der Waals surface area contributed by atoms with Gasteiger partial charge in [0.15, 0.2) is 11.5 Å². The molecule has 0 aliphatic carbocycles. The van der Waals surface area contributed by atoms with Gasteiger partial charge in [0.2, 0.25) is 0 Å². The first kappa shape index (κ1) is 13.1. The van der Waals surface area contributed by atoms with Gasteiger partial charge >= 0.3 is 0 Å². The second-order valence-electron chi connectivity index (χ2n) is 3.93. The van der Waals surface area contributed by atoms with Crippen molar-refractivity contribution >= 4 is 5.69 Å². The van der Waals surface area contributed by atoms with Crippen LogP contribution in [0.5, 0.6) is 11.5 Å². The van der Waals surface area contributed by atoms with Crippen molar-refractivity contribution < 1.29 is 18.3 Å². The molecule has 2 aromatic rings. The van der Waals surface area contributed by atoms with Crippen LogP contribution in [0.2, 0.25) is 0 Å². The molecule has 3 nitrogen and oxygen atoms in total. The molecule has 0 aliphatic rings. The lowest BCUT2D eigenvalue weighted by atomic mass is 10.2. The van der Waals surface area contributed by atoms with E-state index < -0.39 is 11.6 Å². The first-order chi connectivity index (χ1) is 9.10. The van der Waals surface area contributed by atoms with Crippen molar-refractivity contribution in [3.8, 4) is 11.5 Å². The number of rotatable bonds is 4. The highest BCUT2D eigenvalue weighted by Crippen LogP contribution is 2.29. The molecule has 0 spiro atoms. The summed E-state index contributed by atoms with van der Waals surface area (Å²) in [6.45, 7) is -0.0214. The zero-order valence-corrected chi connectivity index (χ0v) is 10.3.